The summed E-state index contributed by atoms with van der Waals surface area (Å²) in [5.41, 5.74) is 2.23. The Balaban J connectivity index is 2.31. The van der Waals surface area contributed by atoms with Crippen LogP contribution in [-0.2, 0) is 0 Å². The number of benzene rings is 1. The van der Waals surface area contributed by atoms with E-state index >= 15 is 0 Å². The van der Waals surface area contributed by atoms with Crippen molar-refractivity contribution in [3.05, 3.63) is 57.3 Å². The van der Waals surface area contributed by atoms with Crippen LogP contribution in [0.15, 0.2) is 41.0 Å². The van der Waals surface area contributed by atoms with Crippen LogP contribution in [0.25, 0.3) is 0 Å². The summed E-state index contributed by atoms with van der Waals surface area (Å²) in [5.74, 6) is 0.0551. The minimum Gasteiger partial charge on any atom is -0.322 e. The van der Waals surface area contributed by atoms with Crippen molar-refractivity contribution in [2.75, 3.05) is 5.32 Å². The molecule has 1 N–H and O–H groups in total. The van der Waals surface area contributed by atoms with E-state index in [1.807, 2.05) is 24.3 Å². The van der Waals surface area contributed by atoms with Crippen LogP contribution in [0.3, 0.4) is 0 Å². The van der Waals surface area contributed by atoms with Crippen molar-refractivity contribution in [2.45, 2.75) is 19.8 Å². The molecule has 1 aromatic carbocycles. The predicted molar refractivity (Wildman–Crippen MR) is 85.4 cm³/mol. The fourth-order valence-corrected chi connectivity index (χ4v) is 2.41. The van der Waals surface area contributed by atoms with E-state index in [-0.39, 0.29) is 11.1 Å². The van der Waals surface area contributed by atoms with Gasteiger partial charge < -0.3 is 5.32 Å². The second-order valence-electron chi connectivity index (χ2n) is 4.69. The lowest BCUT2D eigenvalue weighted by Crippen LogP contribution is -2.14. The molecular formula is C15H14BrClN2O. The molecule has 5 heteroatoms. The minimum absolute atomic E-state index is 0.188. The Hall–Kier alpha value is -1.39. The van der Waals surface area contributed by atoms with Crippen molar-refractivity contribution in [1.29, 1.82) is 0 Å². The van der Waals surface area contributed by atoms with Gasteiger partial charge >= 0.3 is 0 Å². The summed E-state index contributed by atoms with van der Waals surface area (Å²) < 4.78 is 0.712. The van der Waals surface area contributed by atoms with Gasteiger partial charge in [0.05, 0.1) is 5.56 Å². The Kier molecular flexibility index (Phi) is 4.78. The first kappa shape index (κ1) is 15.0. The number of nitrogens with one attached hydrogen (secondary N) is 1. The van der Waals surface area contributed by atoms with E-state index < -0.39 is 0 Å². The maximum absolute atomic E-state index is 12.3. The third-order valence-corrected chi connectivity index (χ3v) is 3.62. The zero-order chi connectivity index (χ0) is 14.7. The van der Waals surface area contributed by atoms with Crippen LogP contribution < -0.4 is 5.32 Å². The molecule has 2 rings (SSSR count). The lowest BCUT2D eigenvalue weighted by molar-refractivity contribution is 0.102. The quantitative estimate of drug-likeness (QED) is 0.800. The minimum atomic E-state index is -0.267. The molecule has 20 heavy (non-hydrogen) atoms. The summed E-state index contributed by atoms with van der Waals surface area (Å²) >= 11 is 9.25. The highest BCUT2D eigenvalue weighted by molar-refractivity contribution is 9.10. The Bertz CT molecular complexity index is 644. The zero-order valence-electron chi connectivity index (χ0n) is 11.2. The topological polar surface area (TPSA) is 42.0 Å². The van der Waals surface area contributed by atoms with E-state index in [0.29, 0.717) is 16.0 Å². The molecule has 0 aliphatic heterocycles. The molecule has 0 saturated heterocycles. The molecule has 0 aliphatic rings. The molecule has 0 fully saturated rings. The molecule has 0 unspecified atom stereocenters. The SMILES string of the molecule is CC(C)c1ccccc1NC(=O)c1cc(Br)cnc1Cl. The number of anilines is 1. The van der Waals surface area contributed by atoms with Crippen LogP contribution in [0.1, 0.15) is 35.7 Å². The monoisotopic (exact) mass is 352 g/mol. The largest absolute Gasteiger partial charge is 0.322 e. The molecule has 1 heterocycles. The molecule has 1 amide bonds. The number of hydrogen-bond donors (Lipinski definition) is 1. The predicted octanol–water partition coefficient (Wildman–Crippen LogP) is 4.87. The second-order valence-corrected chi connectivity index (χ2v) is 5.96. The first-order valence-electron chi connectivity index (χ1n) is 6.20. The van der Waals surface area contributed by atoms with Gasteiger partial charge in [0.2, 0.25) is 0 Å². The number of halogens is 2. The number of carbonyl (C=O) groups excluding carboxylic acids is 1. The average Bonchev–Trinajstić information content (AvgIpc) is 2.41. The van der Waals surface area contributed by atoms with Crippen molar-refractivity contribution in [3.8, 4) is 0 Å². The van der Waals surface area contributed by atoms with Crippen LogP contribution in [-0.4, -0.2) is 10.9 Å². The third kappa shape index (κ3) is 3.38. The zero-order valence-corrected chi connectivity index (χ0v) is 13.5. The van der Waals surface area contributed by atoms with Crippen molar-refractivity contribution < 1.29 is 4.79 Å². The Morgan fingerprint density at radius 3 is 2.75 bits per heavy atom. The first-order chi connectivity index (χ1) is 9.49. The Morgan fingerprint density at radius 2 is 2.05 bits per heavy atom. The summed E-state index contributed by atoms with van der Waals surface area (Å²) in [4.78, 5) is 16.3. The summed E-state index contributed by atoms with van der Waals surface area (Å²) in [6.45, 7) is 4.16. The van der Waals surface area contributed by atoms with Crippen molar-refractivity contribution in [1.82, 2.24) is 4.98 Å². The molecule has 1 aromatic heterocycles. The molecule has 3 nitrogen and oxygen atoms in total. The normalized spacial score (nSPS) is 10.7. The van der Waals surface area contributed by atoms with Crippen LogP contribution in [0.5, 0.6) is 0 Å². The fraction of sp³-hybridized carbons (Fsp3) is 0.200. The van der Waals surface area contributed by atoms with Gasteiger partial charge in [-0.3, -0.25) is 4.79 Å². The standard InChI is InChI=1S/C15H14BrClN2O/c1-9(2)11-5-3-4-6-13(11)19-15(20)12-7-10(16)8-18-14(12)17/h3-9H,1-2H3,(H,19,20). The summed E-state index contributed by atoms with van der Waals surface area (Å²) in [5, 5.41) is 3.08. The molecule has 0 aliphatic carbocycles. The summed E-state index contributed by atoms with van der Waals surface area (Å²) in [6.07, 6.45) is 1.56. The van der Waals surface area contributed by atoms with Gasteiger partial charge in [0.25, 0.3) is 5.91 Å². The molecule has 0 saturated carbocycles. The fourth-order valence-electron chi connectivity index (χ4n) is 1.89. The highest BCUT2D eigenvalue weighted by atomic mass is 79.9. The van der Waals surface area contributed by atoms with E-state index in [1.54, 1.807) is 12.3 Å². The van der Waals surface area contributed by atoms with Gasteiger partial charge in [-0.25, -0.2) is 4.98 Å². The average molecular weight is 354 g/mol. The van der Waals surface area contributed by atoms with E-state index in [9.17, 15) is 4.79 Å². The van der Waals surface area contributed by atoms with E-state index in [0.717, 1.165) is 11.3 Å². The summed E-state index contributed by atoms with van der Waals surface area (Å²) in [7, 11) is 0. The molecule has 104 valence electrons. The smallest absolute Gasteiger partial charge is 0.258 e. The number of aromatic nitrogens is 1. The van der Waals surface area contributed by atoms with Gasteiger partial charge in [-0.2, -0.15) is 0 Å². The van der Waals surface area contributed by atoms with Crippen molar-refractivity contribution in [2.24, 2.45) is 0 Å². The molecule has 0 spiro atoms. The maximum atomic E-state index is 12.3. The highest BCUT2D eigenvalue weighted by Gasteiger charge is 2.14. The molecule has 0 radical (unpaired) electrons. The van der Waals surface area contributed by atoms with E-state index in [1.165, 1.54) is 0 Å². The van der Waals surface area contributed by atoms with Gasteiger partial charge in [-0.15, -0.1) is 0 Å². The number of carbonyl (C=O) groups is 1. The van der Waals surface area contributed by atoms with Gasteiger partial charge in [0, 0.05) is 16.4 Å². The van der Waals surface area contributed by atoms with Crippen LogP contribution >= 0.6 is 27.5 Å². The number of para-hydroxylation sites is 1. The lowest BCUT2D eigenvalue weighted by atomic mass is 10.0. The molecule has 0 atom stereocenters. The van der Waals surface area contributed by atoms with Gasteiger partial charge in [-0.05, 0) is 39.5 Å². The number of hydrogen-bond acceptors (Lipinski definition) is 2. The maximum Gasteiger partial charge on any atom is 0.258 e. The van der Waals surface area contributed by atoms with Crippen LogP contribution in [0, 0.1) is 0 Å². The number of amides is 1. The van der Waals surface area contributed by atoms with Gasteiger partial charge in [0.1, 0.15) is 5.15 Å². The highest BCUT2D eigenvalue weighted by Crippen LogP contribution is 2.25. The summed E-state index contributed by atoms with van der Waals surface area (Å²) in [6, 6.07) is 9.39. The molecular weight excluding hydrogens is 340 g/mol. The Morgan fingerprint density at radius 1 is 1.35 bits per heavy atom. The third-order valence-electron chi connectivity index (χ3n) is 2.88. The van der Waals surface area contributed by atoms with Crippen LogP contribution in [0.2, 0.25) is 5.15 Å². The lowest BCUT2D eigenvalue weighted by Gasteiger charge is -2.14. The van der Waals surface area contributed by atoms with Gasteiger partial charge in [0.15, 0.2) is 0 Å². The molecule has 0 bridgehead atoms. The van der Waals surface area contributed by atoms with Gasteiger partial charge in [-0.1, -0.05) is 43.6 Å². The second kappa shape index (κ2) is 6.37. The van der Waals surface area contributed by atoms with E-state index in [4.69, 9.17) is 11.6 Å². The first-order valence-corrected chi connectivity index (χ1v) is 7.37. The molecule has 2 aromatic rings. The van der Waals surface area contributed by atoms with Crippen molar-refractivity contribution in [3.63, 3.8) is 0 Å². The number of nitrogens with zero attached hydrogens (tertiary/aromatic N) is 1. The van der Waals surface area contributed by atoms with Crippen LogP contribution in [0.4, 0.5) is 5.69 Å². The van der Waals surface area contributed by atoms with E-state index in [2.05, 4.69) is 40.1 Å². The number of rotatable bonds is 3. The Labute approximate surface area is 131 Å². The number of pyridine rings is 1. The van der Waals surface area contributed by atoms with Crippen molar-refractivity contribution >= 4 is 39.1 Å².